The number of hydrogen-bond acceptors (Lipinski definition) is 9. The van der Waals surface area contributed by atoms with Crippen molar-refractivity contribution in [3.05, 3.63) is 36.0 Å². The standard InChI is InChI=1S/C27H34O9/c1-16-8-10-26-14-33-24(31)23(30)17(2)9-11-32-21(28)6-4-5-7-22(29)36-18-13-20(35-19(26)12-16)27(15-34-27)25(18,26)3/h4-7,12,17-20,23,30H,8-11,13-15H2,1-3H3/b6-4?,7-5-/t17-,18-,19-,20-,23+,25-,26-,27+/m1/s1. The van der Waals surface area contributed by atoms with E-state index >= 15 is 0 Å². The van der Waals surface area contributed by atoms with Gasteiger partial charge in [-0.2, -0.15) is 0 Å². The average molecular weight is 503 g/mol. The van der Waals surface area contributed by atoms with Crippen molar-refractivity contribution in [1.82, 2.24) is 0 Å². The molecule has 36 heavy (non-hydrogen) atoms. The van der Waals surface area contributed by atoms with Gasteiger partial charge < -0.3 is 28.8 Å². The third-order valence-electron chi connectivity index (χ3n) is 9.12. The summed E-state index contributed by atoms with van der Waals surface area (Å²) in [5.41, 5.74) is -0.820. The van der Waals surface area contributed by atoms with Crippen molar-refractivity contribution in [2.75, 3.05) is 19.8 Å². The minimum Gasteiger partial charge on any atom is -0.463 e. The third kappa shape index (κ3) is 3.83. The van der Waals surface area contributed by atoms with Crippen molar-refractivity contribution in [1.29, 1.82) is 0 Å². The molecule has 8 atom stereocenters. The number of cyclic esters (lactones) is 2. The van der Waals surface area contributed by atoms with Crippen LogP contribution in [0.5, 0.6) is 0 Å². The van der Waals surface area contributed by atoms with Gasteiger partial charge in [0.05, 0.1) is 30.8 Å². The first-order chi connectivity index (χ1) is 17.1. The lowest BCUT2D eigenvalue weighted by Crippen LogP contribution is -2.66. The van der Waals surface area contributed by atoms with E-state index in [0.29, 0.717) is 19.4 Å². The van der Waals surface area contributed by atoms with Gasteiger partial charge >= 0.3 is 17.9 Å². The first-order valence-electron chi connectivity index (χ1n) is 12.7. The van der Waals surface area contributed by atoms with Crippen molar-refractivity contribution >= 4 is 17.9 Å². The first kappa shape index (κ1) is 25.2. The van der Waals surface area contributed by atoms with Gasteiger partial charge in [0.2, 0.25) is 0 Å². The topological polar surface area (TPSA) is 121 Å². The van der Waals surface area contributed by atoms with E-state index in [9.17, 15) is 19.5 Å². The second-order valence-corrected chi connectivity index (χ2v) is 11.0. The summed E-state index contributed by atoms with van der Waals surface area (Å²) in [6, 6.07) is 0. The van der Waals surface area contributed by atoms with Crippen LogP contribution in [0.25, 0.3) is 0 Å². The quantitative estimate of drug-likeness (QED) is 0.230. The molecule has 5 rings (SSSR count). The lowest BCUT2D eigenvalue weighted by Gasteiger charge is -2.58. The van der Waals surface area contributed by atoms with E-state index in [4.69, 9.17) is 23.7 Å². The largest absolute Gasteiger partial charge is 0.463 e. The number of carbonyl (C=O) groups excluding carboxylic acids is 3. The molecule has 0 radical (unpaired) electrons. The van der Waals surface area contributed by atoms with Crippen LogP contribution in [0.2, 0.25) is 0 Å². The van der Waals surface area contributed by atoms with E-state index in [1.54, 1.807) is 6.92 Å². The molecule has 1 N–H and O–H groups in total. The van der Waals surface area contributed by atoms with Crippen molar-refractivity contribution in [3.63, 3.8) is 0 Å². The van der Waals surface area contributed by atoms with Crippen LogP contribution < -0.4 is 0 Å². The van der Waals surface area contributed by atoms with Crippen LogP contribution in [0.1, 0.15) is 46.5 Å². The van der Waals surface area contributed by atoms with Crippen molar-refractivity contribution in [2.24, 2.45) is 16.7 Å². The van der Waals surface area contributed by atoms with Gasteiger partial charge in [0, 0.05) is 24.0 Å². The molecule has 9 heteroatoms. The number of esters is 3. The predicted octanol–water partition coefficient (Wildman–Crippen LogP) is 2.17. The van der Waals surface area contributed by atoms with Gasteiger partial charge in [0.25, 0.3) is 0 Å². The van der Waals surface area contributed by atoms with Gasteiger partial charge in [0.15, 0.2) is 6.10 Å². The lowest BCUT2D eigenvalue weighted by molar-refractivity contribution is -0.234. The Morgan fingerprint density at radius 3 is 2.47 bits per heavy atom. The summed E-state index contributed by atoms with van der Waals surface area (Å²) in [6.45, 7) is 6.34. The number of hydrogen-bond donors (Lipinski definition) is 1. The SMILES string of the molecule is CC1=C[C@H]2O[C@@H]3C[C@H]4OC(=O)/C=C\C=CC(=O)OCC[C@@H](C)[C@H](O)C(=O)OC[C@@]2(CC1)[C@]4(C)[C@]31CO1. The number of allylic oxidation sites excluding steroid dienone is 3. The van der Waals surface area contributed by atoms with Gasteiger partial charge in [-0.3, -0.25) is 0 Å². The van der Waals surface area contributed by atoms with Gasteiger partial charge in [-0.25, -0.2) is 14.4 Å². The van der Waals surface area contributed by atoms with E-state index < -0.39 is 52.5 Å². The van der Waals surface area contributed by atoms with Gasteiger partial charge in [-0.15, -0.1) is 0 Å². The molecule has 0 aromatic carbocycles. The highest BCUT2D eigenvalue weighted by Gasteiger charge is 2.83. The Morgan fingerprint density at radius 2 is 1.75 bits per heavy atom. The molecular formula is C27H34O9. The molecule has 5 aliphatic rings. The number of aliphatic hydroxyl groups excluding tert-OH is 1. The Morgan fingerprint density at radius 1 is 1.03 bits per heavy atom. The monoisotopic (exact) mass is 502 g/mol. The smallest absolute Gasteiger partial charge is 0.335 e. The fourth-order valence-electron chi connectivity index (χ4n) is 6.65. The van der Waals surface area contributed by atoms with Crippen LogP contribution in [-0.4, -0.2) is 72.9 Å². The molecule has 0 unspecified atom stereocenters. The molecule has 0 amide bonds. The molecule has 9 nitrogen and oxygen atoms in total. The second kappa shape index (κ2) is 9.11. The zero-order valence-electron chi connectivity index (χ0n) is 20.9. The lowest BCUT2D eigenvalue weighted by atomic mass is 9.51. The summed E-state index contributed by atoms with van der Waals surface area (Å²) >= 11 is 0. The van der Waals surface area contributed by atoms with Gasteiger partial charge in [0.1, 0.15) is 18.3 Å². The maximum Gasteiger partial charge on any atom is 0.335 e. The highest BCUT2D eigenvalue weighted by Crippen LogP contribution is 2.72. The number of aliphatic hydroxyl groups is 1. The maximum absolute atomic E-state index is 12.9. The van der Waals surface area contributed by atoms with Crippen molar-refractivity contribution in [3.8, 4) is 0 Å². The Bertz CT molecular complexity index is 1020. The van der Waals surface area contributed by atoms with Crippen LogP contribution in [0.4, 0.5) is 0 Å². The number of rotatable bonds is 0. The normalized spacial score (nSPS) is 45.9. The van der Waals surface area contributed by atoms with Crippen LogP contribution in [-0.2, 0) is 38.1 Å². The van der Waals surface area contributed by atoms with E-state index in [-0.39, 0.29) is 31.8 Å². The van der Waals surface area contributed by atoms with Crippen LogP contribution in [0.3, 0.4) is 0 Å². The number of carbonyl (C=O) groups is 3. The molecule has 1 saturated carbocycles. The van der Waals surface area contributed by atoms with E-state index in [2.05, 4.69) is 19.9 Å². The summed E-state index contributed by atoms with van der Waals surface area (Å²) in [4.78, 5) is 37.6. The highest BCUT2D eigenvalue weighted by molar-refractivity contribution is 5.84. The zero-order valence-corrected chi connectivity index (χ0v) is 20.9. The Labute approximate surface area is 210 Å². The minimum absolute atomic E-state index is 0.00000344. The molecule has 2 bridgehead atoms. The molecule has 3 fully saturated rings. The Hall–Kier alpha value is -2.49. The van der Waals surface area contributed by atoms with Gasteiger partial charge in [-0.1, -0.05) is 37.6 Å². The summed E-state index contributed by atoms with van der Waals surface area (Å²) in [5, 5.41) is 10.6. The molecule has 2 saturated heterocycles. The molecule has 0 aromatic heterocycles. The van der Waals surface area contributed by atoms with E-state index in [1.165, 1.54) is 29.9 Å². The summed E-state index contributed by atoms with van der Waals surface area (Å²) in [7, 11) is 0. The minimum atomic E-state index is -1.37. The molecular weight excluding hydrogens is 468 g/mol. The van der Waals surface area contributed by atoms with Crippen LogP contribution in [0, 0.1) is 16.7 Å². The van der Waals surface area contributed by atoms with Crippen molar-refractivity contribution < 1.29 is 43.2 Å². The van der Waals surface area contributed by atoms with E-state index in [0.717, 1.165) is 6.42 Å². The highest BCUT2D eigenvalue weighted by atomic mass is 16.6. The summed E-state index contributed by atoms with van der Waals surface area (Å²) in [6.07, 6.45) is 7.11. The molecule has 3 heterocycles. The Kier molecular flexibility index (Phi) is 6.37. The molecule has 0 aromatic rings. The van der Waals surface area contributed by atoms with Crippen LogP contribution in [0.15, 0.2) is 36.0 Å². The number of epoxide rings is 1. The molecule has 196 valence electrons. The predicted molar refractivity (Wildman–Crippen MR) is 125 cm³/mol. The van der Waals surface area contributed by atoms with E-state index in [1.807, 2.05) is 0 Å². The molecule has 2 spiro atoms. The fourth-order valence-corrected chi connectivity index (χ4v) is 6.65. The summed E-state index contributed by atoms with van der Waals surface area (Å²) < 4.78 is 29.6. The fraction of sp³-hybridized carbons (Fsp3) is 0.667. The first-order valence-corrected chi connectivity index (χ1v) is 12.7. The third-order valence-corrected chi connectivity index (χ3v) is 9.12. The number of ether oxygens (including phenoxy) is 5. The van der Waals surface area contributed by atoms with Crippen LogP contribution >= 0.6 is 0 Å². The van der Waals surface area contributed by atoms with Gasteiger partial charge in [-0.05, 0) is 32.1 Å². The second-order valence-electron chi connectivity index (χ2n) is 11.0. The maximum atomic E-state index is 12.9. The molecule has 2 aliphatic carbocycles. The molecule has 3 aliphatic heterocycles. The van der Waals surface area contributed by atoms with Crippen molar-refractivity contribution in [2.45, 2.75) is 76.5 Å². The zero-order chi connectivity index (χ0) is 25.7. The Balaban J connectivity index is 1.52. The average Bonchev–Trinajstić information content (AvgIpc) is 3.62. The summed E-state index contributed by atoms with van der Waals surface area (Å²) in [5.74, 6) is -2.34.